The summed E-state index contributed by atoms with van der Waals surface area (Å²) in [5.41, 5.74) is 0.513. The van der Waals surface area contributed by atoms with Gasteiger partial charge in [0.15, 0.2) is 0 Å². The first kappa shape index (κ1) is 11.9. The molecule has 0 aliphatic carbocycles. The average molecular weight is 253 g/mol. The molecule has 1 heterocycles. The second-order valence-corrected chi connectivity index (χ2v) is 4.60. The van der Waals surface area contributed by atoms with Crippen LogP contribution in [0.2, 0.25) is 5.02 Å². The maximum absolute atomic E-state index is 11.9. The lowest BCUT2D eigenvalue weighted by atomic mass is 10.2. The molecule has 0 aromatic heterocycles. The third-order valence-corrected chi connectivity index (χ3v) is 3.00. The van der Waals surface area contributed by atoms with E-state index in [4.69, 9.17) is 11.6 Å². The van der Waals surface area contributed by atoms with Crippen molar-refractivity contribution in [3.05, 3.63) is 34.9 Å². The summed E-state index contributed by atoms with van der Waals surface area (Å²) >= 11 is 5.81. The fourth-order valence-electron chi connectivity index (χ4n) is 1.86. The molecule has 2 amide bonds. The lowest BCUT2D eigenvalue weighted by Gasteiger charge is -2.12. The minimum Gasteiger partial charge on any atom is -0.347 e. The highest BCUT2D eigenvalue weighted by molar-refractivity contribution is 6.30. The van der Waals surface area contributed by atoms with Crippen molar-refractivity contribution in [3.63, 3.8) is 0 Å². The van der Waals surface area contributed by atoms with Gasteiger partial charge in [0.1, 0.15) is 0 Å². The first-order chi connectivity index (χ1) is 8.06. The predicted octanol–water partition coefficient (Wildman–Crippen LogP) is 1.30. The zero-order valence-electron chi connectivity index (χ0n) is 9.44. The first-order valence-electron chi connectivity index (χ1n) is 5.36. The Morgan fingerprint density at radius 2 is 2.29 bits per heavy atom. The number of nitrogens with one attached hydrogen (secondary N) is 1. The van der Waals surface area contributed by atoms with Crippen LogP contribution in [0, 0.1) is 0 Å². The van der Waals surface area contributed by atoms with E-state index in [1.54, 1.807) is 36.2 Å². The molecule has 1 fully saturated rings. The van der Waals surface area contributed by atoms with Crippen LogP contribution in [0.1, 0.15) is 16.8 Å². The van der Waals surface area contributed by atoms with E-state index in [2.05, 4.69) is 5.32 Å². The summed E-state index contributed by atoms with van der Waals surface area (Å²) in [6.45, 7) is 0.561. The number of carbonyl (C=O) groups excluding carboxylic acids is 2. The lowest BCUT2D eigenvalue weighted by Crippen LogP contribution is -2.36. The van der Waals surface area contributed by atoms with Crippen LogP contribution in [0.5, 0.6) is 0 Å². The maximum Gasteiger partial charge on any atom is 0.251 e. The number of nitrogens with zero attached hydrogens (tertiary/aromatic N) is 1. The molecule has 5 heteroatoms. The highest BCUT2D eigenvalue weighted by atomic mass is 35.5. The van der Waals surface area contributed by atoms with Gasteiger partial charge in [0, 0.05) is 30.6 Å². The number of halogens is 1. The molecule has 1 aromatic rings. The van der Waals surface area contributed by atoms with Crippen molar-refractivity contribution >= 4 is 23.4 Å². The van der Waals surface area contributed by atoms with Gasteiger partial charge >= 0.3 is 0 Å². The van der Waals surface area contributed by atoms with E-state index >= 15 is 0 Å². The van der Waals surface area contributed by atoms with Crippen LogP contribution in [0.3, 0.4) is 0 Å². The average Bonchev–Trinajstić information content (AvgIpc) is 2.58. The van der Waals surface area contributed by atoms with E-state index in [0.717, 1.165) is 0 Å². The normalized spacial score (nSPS) is 19.5. The number of carbonyl (C=O) groups is 2. The van der Waals surface area contributed by atoms with E-state index in [-0.39, 0.29) is 17.9 Å². The Morgan fingerprint density at radius 3 is 2.88 bits per heavy atom. The summed E-state index contributed by atoms with van der Waals surface area (Å²) in [6.07, 6.45) is 0.364. The number of rotatable bonds is 2. The number of hydrogen-bond donors (Lipinski definition) is 1. The second-order valence-electron chi connectivity index (χ2n) is 4.16. The summed E-state index contributed by atoms with van der Waals surface area (Å²) in [5, 5.41) is 3.35. The smallest absolute Gasteiger partial charge is 0.251 e. The number of likely N-dealkylation sites (N-methyl/N-ethyl adjacent to an activating group) is 1. The fraction of sp³-hybridized carbons (Fsp3) is 0.333. The minimum atomic E-state index is -0.194. The molecular formula is C12H13ClN2O2. The van der Waals surface area contributed by atoms with Crippen LogP contribution in [0.25, 0.3) is 0 Å². The maximum atomic E-state index is 11.9. The zero-order chi connectivity index (χ0) is 12.4. The molecule has 1 aromatic carbocycles. The van der Waals surface area contributed by atoms with Gasteiger partial charge in [-0.1, -0.05) is 17.7 Å². The molecule has 1 N–H and O–H groups in total. The van der Waals surface area contributed by atoms with Crippen molar-refractivity contribution < 1.29 is 9.59 Å². The van der Waals surface area contributed by atoms with Crippen LogP contribution in [-0.4, -0.2) is 36.3 Å². The molecule has 1 aliphatic heterocycles. The van der Waals surface area contributed by atoms with Crippen molar-refractivity contribution in [1.82, 2.24) is 10.2 Å². The van der Waals surface area contributed by atoms with Crippen molar-refractivity contribution in [2.45, 2.75) is 12.5 Å². The Hall–Kier alpha value is -1.55. The number of likely N-dealkylation sites (tertiary alicyclic amines) is 1. The predicted molar refractivity (Wildman–Crippen MR) is 65.0 cm³/mol. The lowest BCUT2D eigenvalue weighted by molar-refractivity contribution is -0.126. The number of hydrogen-bond acceptors (Lipinski definition) is 2. The third kappa shape index (κ3) is 2.77. The monoisotopic (exact) mass is 252 g/mol. The topological polar surface area (TPSA) is 49.4 Å². The summed E-state index contributed by atoms with van der Waals surface area (Å²) in [5.74, 6) is -0.137. The van der Waals surface area contributed by atoms with Crippen molar-refractivity contribution in [1.29, 1.82) is 0 Å². The van der Waals surface area contributed by atoms with Gasteiger partial charge in [-0.15, -0.1) is 0 Å². The van der Waals surface area contributed by atoms with E-state index in [1.807, 2.05) is 0 Å². The summed E-state index contributed by atoms with van der Waals surface area (Å²) in [6, 6.07) is 6.63. The molecule has 0 bridgehead atoms. The molecule has 17 heavy (non-hydrogen) atoms. The van der Waals surface area contributed by atoms with Gasteiger partial charge in [0.25, 0.3) is 5.91 Å². The Bertz CT molecular complexity index is 462. The zero-order valence-corrected chi connectivity index (χ0v) is 10.2. The van der Waals surface area contributed by atoms with Crippen LogP contribution in [0.15, 0.2) is 24.3 Å². The van der Waals surface area contributed by atoms with Gasteiger partial charge in [0.05, 0.1) is 6.04 Å². The second kappa shape index (κ2) is 4.75. The quantitative estimate of drug-likeness (QED) is 0.863. The Labute approximate surface area is 105 Å². The molecule has 90 valence electrons. The van der Waals surface area contributed by atoms with Crippen LogP contribution in [-0.2, 0) is 4.79 Å². The van der Waals surface area contributed by atoms with Crippen LogP contribution < -0.4 is 5.32 Å². The SMILES string of the molecule is CN1C[C@@H](NC(=O)c2cccc(Cl)c2)CC1=O. The van der Waals surface area contributed by atoms with E-state index in [0.29, 0.717) is 23.6 Å². The van der Waals surface area contributed by atoms with Crippen molar-refractivity contribution in [2.24, 2.45) is 0 Å². The van der Waals surface area contributed by atoms with Gasteiger partial charge in [-0.25, -0.2) is 0 Å². The van der Waals surface area contributed by atoms with Gasteiger partial charge in [-0.05, 0) is 18.2 Å². The Kier molecular flexibility index (Phi) is 3.33. The third-order valence-electron chi connectivity index (χ3n) is 2.76. The summed E-state index contributed by atoms with van der Waals surface area (Å²) < 4.78 is 0. The number of benzene rings is 1. The Balaban J connectivity index is 2.01. The van der Waals surface area contributed by atoms with Crippen molar-refractivity contribution in [3.8, 4) is 0 Å². The molecule has 0 spiro atoms. The molecule has 1 atom stereocenters. The van der Waals surface area contributed by atoms with Gasteiger partial charge in [-0.3, -0.25) is 9.59 Å². The standard InChI is InChI=1S/C12H13ClN2O2/c1-15-7-10(6-11(15)16)14-12(17)8-3-2-4-9(13)5-8/h2-5,10H,6-7H2,1H3,(H,14,17)/t10-/m0/s1. The molecule has 0 unspecified atom stereocenters. The fourth-order valence-corrected chi connectivity index (χ4v) is 2.05. The van der Waals surface area contributed by atoms with Crippen LogP contribution >= 0.6 is 11.6 Å². The Morgan fingerprint density at radius 1 is 1.53 bits per heavy atom. The van der Waals surface area contributed by atoms with Crippen molar-refractivity contribution in [2.75, 3.05) is 13.6 Å². The minimum absolute atomic E-state index is 0.0568. The molecule has 0 radical (unpaired) electrons. The molecule has 1 aliphatic rings. The highest BCUT2D eigenvalue weighted by Gasteiger charge is 2.27. The van der Waals surface area contributed by atoms with Crippen LogP contribution in [0.4, 0.5) is 0 Å². The highest BCUT2D eigenvalue weighted by Crippen LogP contribution is 2.12. The summed E-state index contributed by atoms with van der Waals surface area (Å²) in [7, 11) is 1.73. The molecule has 2 rings (SSSR count). The molecule has 4 nitrogen and oxygen atoms in total. The largest absolute Gasteiger partial charge is 0.347 e. The molecule has 1 saturated heterocycles. The molecular weight excluding hydrogens is 240 g/mol. The van der Waals surface area contributed by atoms with Gasteiger partial charge in [0.2, 0.25) is 5.91 Å². The van der Waals surface area contributed by atoms with Gasteiger partial charge < -0.3 is 10.2 Å². The summed E-state index contributed by atoms with van der Waals surface area (Å²) in [4.78, 5) is 24.8. The number of amides is 2. The van der Waals surface area contributed by atoms with Gasteiger partial charge in [-0.2, -0.15) is 0 Å². The van der Waals surface area contributed by atoms with E-state index in [9.17, 15) is 9.59 Å². The first-order valence-corrected chi connectivity index (χ1v) is 5.74. The van der Waals surface area contributed by atoms with E-state index < -0.39 is 0 Å². The van der Waals surface area contributed by atoms with E-state index in [1.165, 1.54) is 0 Å². The molecule has 0 saturated carbocycles.